The average molecular weight is 269 g/mol. The highest BCUT2D eigenvalue weighted by Gasteiger charge is 2.22. The monoisotopic (exact) mass is 269 g/mol. The SMILES string of the molecule is O=C(O)c1occc1CN1CCC(OCCO)CC1. The second-order valence-corrected chi connectivity index (χ2v) is 4.65. The van der Waals surface area contributed by atoms with Crippen molar-refractivity contribution in [1.82, 2.24) is 4.90 Å². The highest BCUT2D eigenvalue weighted by Crippen LogP contribution is 2.18. The Morgan fingerprint density at radius 2 is 2.21 bits per heavy atom. The van der Waals surface area contributed by atoms with E-state index in [0.29, 0.717) is 18.7 Å². The number of aliphatic hydroxyl groups is 1. The highest BCUT2D eigenvalue weighted by atomic mass is 16.5. The lowest BCUT2D eigenvalue weighted by Crippen LogP contribution is -2.37. The van der Waals surface area contributed by atoms with Crippen LogP contribution in [-0.2, 0) is 11.3 Å². The molecule has 106 valence electrons. The molecular formula is C13H19NO5. The summed E-state index contributed by atoms with van der Waals surface area (Å²) in [5, 5.41) is 17.7. The number of aromatic carboxylic acids is 1. The molecule has 0 spiro atoms. The van der Waals surface area contributed by atoms with Crippen LogP contribution in [0.5, 0.6) is 0 Å². The molecule has 1 aromatic heterocycles. The third-order valence-electron chi connectivity index (χ3n) is 3.31. The van der Waals surface area contributed by atoms with Crippen LogP contribution in [0.25, 0.3) is 0 Å². The van der Waals surface area contributed by atoms with Gasteiger partial charge in [-0.25, -0.2) is 4.79 Å². The molecule has 0 saturated carbocycles. The van der Waals surface area contributed by atoms with Gasteiger partial charge in [0.15, 0.2) is 0 Å². The molecule has 19 heavy (non-hydrogen) atoms. The van der Waals surface area contributed by atoms with Gasteiger partial charge < -0.3 is 19.4 Å². The molecule has 0 unspecified atom stereocenters. The van der Waals surface area contributed by atoms with Gasteiger partial charge in [0.2, 0.25) is 5.76 Å². The number of carboxylic acid groups (broad SMARTS) is 1. The number of carboxylic acids is 1. The summed E-state index contributed by atoms with van der Waals surface area (Å²) in [5.74, 6) is -1.00. The Hall–Kier alpha value is -1.37. The summed E-state index contributed by atoms with van der Waals surface area (Å²) >= 11 is 0. The summed E-state index contributed by atoms with van der Waals surface area (Å²) in [4.78, 5) is 13.1. The Balaban J connectivity index is 1.82. The summed E-state index contributed by atoms with van der Waals surface area (Å²) in [7, 11) is 0. The quantitative estimate of drug-likeness (QED) is 0.800. The Kier molecular flexibility index (Phi) is 4.95. The minimum Gasteiger partial charge on any atom is -0.475 e. The van der Waals surface area contributed by atoms with Crippen LogP contribution in [0, 0.1) is 0 Å². The predicted octanol–water partition coefficient (Wildman–Crippen LogP) is 0.951. The van der Waals surface area contributed by atoms with E-state index in [4.69, 9.17) is 19.4 Å². The zero-order chi connectivity index (χ0) is 13.7. The van der Waals surface area contributed by atoms with Gasteiger partial charge in [-0.3, -0.25) is 4.90 Å². The summed E-state index contributed by atoms with van der Waals surface area (Å²) in [6.07, 6.45) is 3.42. The fraction of sp³-hybridized carbons (Fsp3) is 0.615. The number of furan rings is 1. The van der Waals surface area contributed by atoms with E-state index in [2.05, 4.69) is 4.90 Å². The zero-order valence-corrected chi connectivity index (χ0v) is 10.7. The van der Waals surface area contributed by atoms with Crippen molar-refractivity contribution in [2.24, 2.45) is 0 Å². The summed E-state index contributed by atoms with van der Waals surface area (Å²) < 4.78 is 10.5. The largest absolute Gasteiger partial charge is 0.475 e. The lowest BCUT2D eigenvalue weighted by atomic mass is 10.1. The summed E-state index contributed by atoms with van der Waals surface area (Å²) in [5.41, 5.74) is 0.710. The van der Waals surface area contributed by atoms with E-state index in [1.807, 2.05) is 0 Å². The van der Waals surface area contributed by atoms with Crippen molar-refractivity contribution < 1.29 is 24.2 Å². The molecule has 0 atom stereocenters. The number of aliphatic hydroxyl groups excluding tert-OH is 1. The number of hydrogen-bond donors (Lipinski definition) is 2. The van der Waals surface area contributed by atoms with Gasteiger partial charge in [0, 0.05) is 25.2 Å². The van der Waals surface area contributed by atoms with Gasteiger partial charge in [0.25, 0.3) is 0 Å². The van der Waals surface area contributed by atoms with Gasteiger partial charge >= 0.3 is 5.97 Å². The lowest BCUT2D eigenvalue weighted by Gasteiger charge is -2.31. The van der Waals surface area contributed by atoms with Gasteiger partial charge in [-0.2, -0.15) is 0 Å². The average Bonchev–Trinajstić information content (AvgIpc) is 2.86. The van der Waals surface area contributed by atoms with Gasteiger partial charge in [0.1, 0.15) is 0 Å². The first-order chi connectivity index (χ1) is 9.20. The van der Waals surface area contributed by atoms with Crippen LogP contribution in [-0.4, -0.2) is 53.5 Å². The molecule has 6 heteroatoms. The minimum absolute atomic E-state index is 0.0265. The topological polar surface area (TPSA) is 83.1 Å². The van der Waals surface area contributed by atoms with Crippen molar-refractivity contribution in [2.75, 3.05) is 26.3 Å². The third-order valence-corrected chi connectivity index (χ3v) is 3.31. The van der Waals surface area contributed by atoms with Crippen LogP contribution in [0.15, 0.2) is 16.7 Å². The second-order valence-electron chi connectivity index (χ2n) is 4.65. The number of rotatable bonds is 6. The molecule has 2 N–H and O–H groups in total. The summed E-state index contributed by atoms with van der Waals surface area (Å²) in [6.45, 7) is 2.75. The lowest BCUT2D eigenvalue weighted by molar-refractivity contribution is -0.00910. The van der Waals surface area contributed by atoms with Crippen LogP contribution in [0.1, 0.15) is 29.0 Å². The molecule has 0 aromatic carbocycles. The number of piperidine rings is 1. The molecule has 0 aliphatic carbocycles. The highest BCUT2D eigenvalue weighted by molar-refractivity contribution is 5.86. The molecule has 1 aliphatic heterocycles. The summed E-state index contributed by atoms with van der Waals surface area (Å²) in [6, 6.07) is 1.71. The maximum Gasteiger partial charge on any atom is 0.372 e. The van der Waals surface area contributed by atoms with Gasteiger partial charge in [0.05, 0.1) is 25.6 Å². The van der Waals surface area contributed by atoms with Crippen LogP contribution in [0.2, 0.25) is 0 Å². The van der Waals surface area contributed by atoms with Crippen molar-refractivity contribution in [3.63, 3.8) is 0 Å². The predicted molar refractivity (Wildman–Crippen MR) is 67.0 cm³/mol. The van der Waals surface area contributed by atoms with Crippen LogP contribution in [0.4, 0.5) is 0 Å². The Labute approximate surface area is 111 Å². The van der Waals surface area contributed by atoms with Crippen molar-refractivity contribution in [2.45, 2.75) is 25.5 Å². The molecule has 0 amide bonds. The van der Waals surface area contributed by atoms with Crippen LogP contribution < -0.4 is 0 Å². The van der Waals surface area contributed by atoms with Crippen molar-refractivity contribution >= 4 is 5.97 Å². The first-order valence-corrected chi connectivity index (χ1v) is 6.45. The van der Waals surface area contributed by atoms with E-state index in [0.717, 1.165) is 25.9 Å². The van der Waals surface area contributed by atoms with Crippen LogP contribution >= 0.6 is 0 Å². The fourth-order valence-electron chi connectivity index (χ4n) is 2.34. The molecule has 6 nitrogen and oxygen atoms in total. The number of hydrogen-bond acceptors (Lipinski definition) is 5. The zero-order valence-electron chi connectivity index (χ0n) is 10.7. The molecule has 1 fully saturated rings. The number of ether oxygens (including phenoxy) is 1. The number of carbonyl (C=O) groups is 1. The third kappa shape index (κ3) is 3.79. The second kappa shape index (κ2) is 6.70. The maximum absolute atomic E-state index is 10.9. The maximum atomic E-state index is 10.9. The standard InChI is InChI=1S/C13H19NO5/c15-6-8-18-11-1-4-14(5-2-11)9-10-3-7-19-12(10)13(16)17/h3,7,11,15H,1-2,4-6,8-9H2,(H,16,17). The first-order valence-electron chi connectivity index (χ1n) is 6.45. The molecule has 1 aliphatic rings. The Bertz CT molecular complexity index is 409. The minimum atomic E-state index is -1.03. The molecular weight excluding hydrogens is 250 g/mol. The molecule has 1 saturated heterocycles. The fourth-order valence-corrected chi connectivity index (χ4v) is 2.34. The number of likely N-dealkylation sites (tertiary alicyclic amines) is 1. The van der Waals surface area contributed by atoms with E-state index in [1.54, 1.807) is 6.07 Å². The van der Waals surface area contributed by atoms with Gasteiger partial charge in [-0.1, -0.05) is 0 Å². The van der Waals surface area contributed by atoms with E-state index < -0.39 is 5.97 Å². The molecule has 2 heterocycles. The molecule has 1 aromatic rings. The smallest absolute Gasteiger partial charge is 0.372 e. The molecule has 2 rings (SSSR count). The number of nitrogens with zero attached hydrogens (tertiary/aromatic N) is 1. The van der Waals surface area contributed by atoms with Crippen LogP contribution in [0.3, 0.4) is 0 Å². The van der Waals surface area contributed by atoms with E-state index in [1.165, 1.54) is 6.26 Å². The molecule has 0 radical (unpaired) electrons. The first kappa shape index (κ1) is 14.0. The van der Waals surface area contributed by atoms with Crippen molar-refractivity contribution in [3.05, 3.63) is 23.7 Å². The molecule has 0 bridgehead atoms. The van der Waals surface area contributed by atoms with E-state index >= 15 is 0 Å². The van der Waals surface area contributed by atoms with Gasteiger partial charge in [-0.15, -0.1) is 0 Å². The van der Waals surface area contributed by atoms with Gasteiger partial charge in [-0.05, 0) is 18.9 Å². The Morgan fingerprint density at radius 3 is 2.84 bits per heavy atom. The van der Waals surface area contributed by atoms with Crippen molar-refractivity contribution in [1.29, 1.82) is 0 Å². The van der Waals surface area contributed by atoms with E-state index in [-0.39, 0.29) is 18.5 Å². The van der Waals surface area contributed by atoms with Crippen molar-refractivity contribution in [3.8, 4) is 0 Å². The normalized spacial score (nSPS) is 17.7. The Morgan fingerprint density at radius 1 is 1.47 bits per heavy atom. The van der Waals surface area contributed by atoms with E-state index in [9.17, 15) is 4.79 Å².